The molecule has 1 heterocycles. The minimum atomic E-state index is -3.67. The number of amides is 1. The number of nitrogen functional groups attached to an aromatic ring is 1. The van der Waals surface area contributed by atoms with Crippen molar-refractivity contribution in [2.24, 2.45) is 5.73 Å². The first-order chi connectivity index (χ1) is 9.38. The summed E-state index contributed by atoms with van der Waals surface area (Å²) in [4.78, 5) is 14.8. The van der Waals surface area contributed by atoms with E-state index in [0.29, 0.717) is 16.7 Å². The number of rotatable bonds is 5. The van der Waals surface area contributed by atoms with Gasteiger partial charge >= 0.3 is 0 Å². The zero-order chi connectivity index (χ0) is 14.8. The van der Waals surface area contributed by atoms with Gasteiger partial charge in [-0.05, 0) is 30.3 Å². The van der Waals surface area contributed by atoms with Gasteiger partial charge in [-0.15, -0.1) is 0 Å². The molecule has 2 rings (SSSR count). The maximum absolute atomic E-state index is 12.0. The van der Waals surface area contributed by atoms with Crippen molar-refractivity contribution < 1.29 is 13.2 Å². The van der Waals surface area contributed by atoms with Gasteiger partial charge in [0, 0.05) is 18.4 Å². The van der Waals surface area contributed by atoms with Crippen molar-refractivity contribution in [3.05, 3.63) is 30.3 Å². The summed E-state index contributed by atoms with van der Waals surface area (Å²) in [5, 5.41) is 0.664. The molecule has 0 atom stereocenters. The van der Waals surface area contributed by atoms with Gasteiger partial charge in [0.05, 0.1) is 10.4 Å². The molecule has 2 aromatic rings. The fraction of sp³-hybridized carbons (Fsp3) is 0.167. The van der Waals surface area contributed by atoms with Gasteiger partial charge in [0.15, 0.2) is 0 Å². The van der Waals surface area contributed by atoms with Gasteiger partial charge in [-0.1, -0.05) is 0 Å². The van der Waals surface area contributed by atoms with Crippen LogP contribution in [0.4, 0.5) is 5.82 Å². The van der Waals surface area contributed by atoms with Gasteiger partial charge in [0.1, 0.15) is 5.82 Å². The van der Waals surface area contributed by atoms with Gasteiger partial charge in [-0.3, -0.25) is 4.79 Å². The molecule has 0 fully saturated rings. The number of nitrogens with one attached hydrogen (secondary N) is 1. The SMILES string of the molecule is NC(=O)CCNS(=O)(=O)c1ccc2nc(N)ccc2c1. The topological polar surface area (TPSA) is 128 Å². The first-order valence-corrected chi connectivity index (χ1v) is 7.31. The predicted molar refractivity (Wildman–Crippen MR) is 75.2 cm³/mol. The Hall–Kier alpha value is -2.19. The third-order valence-corrected chi connectivity index (χ3v) is 4.11. The van der Waals surface area contributed by atoms with E-state index < -0.39 is 15.9 Å². The van der Waals surface area contributed by atoms with Crippen LogP contribution < -0.4 is 16.2 Å². The summed E-state index contributed by atoms with van der Waals surface area (Å²) >= 11 is 0. The Balaban J connectivity index is 2.27. The highest BCUT2D eigenvalue weighted by atomic mass is 32.2. The van der Waals surface area contributed by atoms with Crippen LogP contribution in [0, 0.1) is 0 Å². The second kappa shape index (κ2) is 5.43. The van der Waals surface area contributed by atoms with Crippen LogP contribution in [0.5, 0.6) is 0 Å². The summed E-state index contributed by atoms with van der Waals surface area (Å²) in [6.07, 6.45) is -0.0507. The molecule has 0 aliphatic rings. The zero-order valence-corrected chi connectivity index (χ0v) is 11.4. The van der Waals surface area contributed by atoms with E-state index in [1.807, 2.05) is 0 Å². The van der Waals surface area contributed by atoms with Crippen LogP contribution in [-0.2, 0) is 14.8 Å². The third kappa shape index (κ3) is 3.22. The lowest BCUT2D eigenvalue weighted by Crippen LogP contribution is -2.28. The monoisotopic (exact) mass is 294 g/mol. The summed E-state index contributed by atoms with van der Waals surface area (Å²) in [6, 6.07) is 7.80. The van der Waals surface area contributed by atoms with E-state index in [1.54, 1.807) is 18.2 Å². The fourth-order valence-electron chi connectivity index (χ4n) is 1.68. The lowest BCUT2D eigenvalue weighted by Gasteiger charge is -2.07. The quantitative estimate of drug-likeness (QED) is 0.713. The van der Waals surface area contributed by atoms with Crippen LogP contribution in [0.15, 0.2) is 35.2 Å². The summed E-state index contributed by atoms with van der Waals surface area (Å²) in [5.74, 6) is -0.196. The molecule has 0 bridgehead atoms. The lowest BCUT2D eigenvalue weighted by molar-refractivity contribution is -0.117. The predicted octanol–water partition coefficient (Wildman–Crippen LogP) is -0.0293. The molecule has 20 heavy (non-hydrogen) atoms. The molecule has 0 saturated heterocycles. The first kappa shape index (κ1) is 14.2. The molecular formula is C12H14N4O3S. The summed E-state index contributed by atoms with van der Waals surface area (Å²) < 4.78 is 26.3. The van der Waals surface area contributed by atoms with Crippen molar-refractivity contribution in [2.75, 3.05) is 12.3 Å². The van der Waals surface area contributed by atoms with Crippen LogP contribution in [0.2, 0.25) is 0 Å². The number of fused-ring (bicyclic) bond motifs is 1. The van der Waals surface area contributed by atoms with Crippen molar-refractivity contribution >= 4 is 32.7 Å². The lowest BCUT2D eigenvalue weighted by atomic mass is 10.2. The Morgan fingerprint density at radius 3 is 2.70 bits per heavy atom. The number of nitrogens with zero attached hydrogens (tertiary/aromatic N) is 1. The molecule has 1 aromatic heterocycles. The molecule has 1 aromatic carbocycles. The highest BCUT2D eigenvalue weighted by Crippen LogP contribution is 2.18. The molecule has 0 spiro atoms. The standard InChI is InChI=1S/C12H14N4O3S/c13-11-4-1-8-7-9(2-3-10(8)16-11)20(18,19)15-6-5-12(14)17/h1-4,7,15H,5-6H2,(H2,13,16)(H2,14,17). The second-order valence-electron chi connectivity index (χ2n) is 4.20. The number of carbonyl (C=O) groups is 1. The Labute approximate surface area is 116 Å². The van der Waals surface area contributed by atoms with E-state index >= 15 is 0 Å². The van der Waals surface area contributed by atoms with Crippen LogP contribution in [0.1, 0.15) is 6.42 Å². The van der Waals surface area contributed by atoms with E-state index in [1.165, 1.54) is 12.1 Å². The number of primary amides is 1. The van der Waals surface area contributed by atoms with E-state index in [2.05, 4.69) is 9.71 Å². The molecule has 1 amide bonds. The number of benzene rings is 1. The molecule has 0 aliphatic heterocycles. The van der Waals surface area contributed by atoms with Crippen molar-refractivity contribution in [3.63, 3.8) is 0 Å². The molecule has 0 unspecified atom stereocenters. The third-order valence-electron chi connectivity index (χ3n) is 2.66. The van der Waals surface area contributed by atoms with Crippen LogP contribution >= 0.6 is 0 Å². The van der Waals surface area contributed by atoms with Crippen LogP contribution in [-0.4, -0.2) is 25.9 Å². The Kier molecular flexibility index (Phi) is 3.86. The number of hydrogen-bond acceptors (Lipinski definition) is 5. The van der Waals surface area contributed by atoms with Gasteiger partial charge in [0.2, 0.25) is 15.9 Å². The molecule has 0 aliphatic carbocycles. The maximum Gasteiger partial charge on any atom is 0.240 e. The van der Waals surface area contributed by atoms with Crippen LogP contribution in [0.25, 0.3) is 10.9 Å². The molecule has 7 nitrogen and oxygen atoms in total. The highest BCUT2D eigenvalue weighted by molar-refractivity contribution is 7.89. The van der Waals surface area contributed by atoms with Gasteiger partial charge in [-0.2, -0.15) is 0 Å². The van der Waals surface area contributed by atoms with E-state index in [4.69, 9.17) is 11.5 Å². The molecule has 0 saturated carbocycles. The molecular weight excluding hydrogens is 280 g/mol. The normalized spacial score (nSPS) is 11.6. The van der Waals surface area contributed by atoms with E-state index in [-0.39, 0.29) is 17.9 Å². The Morgan fingerprint density at radius 2 is 2.00 bits per heavy atom. The Bertz CT molecular complexity index is 758. The average molecular weight is 294 g/mol. The minimum absolute atomic E-state index is 0.0321. The highest BCUT2D eigenvalue weighted by Gasteiger charge is 2.14. The molecule has 5 N–H and O–H groups in total. The minimum Gasteiger partial charge on any atom is -0.384 e. The molecule has 106 valence electrons. The van der Waals surface area contributed by atoms with Crippen LogP contribution in [0.3, 0.4) is 0 Å². The van der Waals surface area contributed by atoms with Gasteiger partial charge < -0.3 is 11.5 Å². The van der Waals surface area contributed by atoms with E-state index in [9.17, 15) is 13.2 Å². The number of hydrogen-bond donors (Lipinski definition) is 3. The first-order valence-electron chi connectivity index (χ1n) is 5.83. The number of aromatic nitrogens is 1. The number of nitrogens with two attached hydrogens (primary N) is 2. The fourth-order valence-corrected chi connectivity index (χ4v) is 2.75. The zero-order valence-electron chi connectivity index (χ0n) is 10.5. The maximum atomic E-state index is 12.0. The second-order valence-corrected chi connectivity index (χ2v) is 5.97. The smallest absolute Gasteiger partial charge is 0.240 e. The summed E-state index contributed by atoms with van der Waals surface area (Å²) in [5.41, 5.74) is 11.1. The Morgan fingerprint density at radius 1 is 1.25 bits per heavy atom. The largest absolute Gasteiger partial charge is 0.384 e. The number of carbonyl (C=O) groups excluding carboxylic acids is 1. The van der Waals surface area contributed by atoms with Crippen molar-refractivity contribution in [2.45, 2.75) is 11.3 Å². The number of anilines is 1. The average Bonchev–Trinajstić information content (AvgIpc) is 2.37. The molecule has 0 radical (unpaired) electrons. The number of sulfonamides is 1. The van der Waals surface area contributed by atoms with Crippen molar-refractivity contribution in [1.29, 1.82) is 0 Å². The van der Waals surface area contributed by atoms with Crippen molar-refractivity contribution in [1.82, 2.24) is 9.71 Å². The van der Waals surface area contributed by atoms with Gasteiger partial charge in [-0.25, -0.2) is 18.1 Å². The van der Waals surface area contributed by atoms with Crippen molar-refractivity contribution in [3.8, 4) is 0 Å². The van der Waals surface area contributed by atoms with Gasteiger partial charge in [0.25, 0.3) is 0 Å². The van der Waals surface area contributed by atoms with E-state index in [0.717, 1.165) is 0 Å². The molecule has 8 heteroatoms. The summed E-state index contributed by atoms with van der Waals surface area (Å²) in [6.45, 7) is -0.0321. The summed E-state index contributed by atoms with van der Waals surface area (Å²) in [7, 11) is -3.67. The number of pyridine rings is 1.